The summed E-state index contributed by atoms with van der Waals surface area (Å²) < 4.78 is 5.70. The van der Waals surface area contributed by atoms with Gasteiger partial charge in [0.25, 0.3) is 0 Å². The third-order valence-corrected chi connectivity index (χ3v) is 4.88. The number of hydrogen-bond acceptors (Lipinski definition) is 2. The van der Waals surface area contributed by atoms with Crippen molar-refractivity contribution in [3.8, 4) is 0 Å². The minimum Gasteiger partial charge on any atom is -0.458 e. The highest BCUT2D eigenvalue weighted by molar-refractivity contribution is 5.71. The minimum atomic E-state index is -0.0420. The van der Waals surface area contributed by atoms with Crippen LogP contribution in [0.15, 0.2) is 41.5 Å². The predicted molar refractivity (Wildman–Crippen MR) is 79.4 cm³/mol. The van der Waals surface area contributed by atoms with Crippen molar-refractivity contribution in [1.29, 1.82) is 0 Å². The molecule has 1 fully saturated rings. The van der Waals surface area contributed by atoms with Gasteiger partial charge in [0.2, 0.25) is 0 Å². The van der Waals surface area contributed by atoms with Crippen molar-refractivity contribution in [3.05, 3.63) is 47.0 Å². The maximum atomic E-state index is 11.8. The molecule has 0 radical (unpaired) electrons. The van der Waals surface area contributed by atoms with Gasteiger partial charge in [0.15, 0.2) is 0 Å². The number of rotatable bonds is 1. The molecular weight excluding hydrogens is 248 g/mol. The smallest absolute Gasteiger partial charge is 0.306 e. The summed E-state index contributed by atoms with van der Waals surface area (Å²) >= 11 is 0. The molecule has 1 saturated heterocycles. The third kappa shape index (κ3) is 2.17. The Morgan fingerprint density at radius 2 is 1.90 bits per heavy atom. The minimum absolute atomic E-state index is 0.0230. The number of allylic oxidation sites excluding steroid dienone is 1. The van der Waals surface area contributed by atoms with Crippen molar-refractivity contribution >= 4 is 5.97 Å². The van der Waals surface area contributed by atoms with E-state index in [2.05, 4.69) is 45.0 Å². The molecule has 106 valence electrons. The van der Waals surface area contributed by atoms with Gasteiger partial charge in [-0.05, 0) is 36.3 Å². The molecule has 20 heavy (non-hydrogen) atoms. The fourth-order valence-electron chi connectivity index (χ4n) is 3.87. The molecule has 0 N–H and O–H groups in total. The molecule has 1 aromatic carbocycles. The van der Waals surface area contributed by atoms with Gasteiger partial charge in [0, 0.05) is 12.3 Å². The van der Waals surface area contributed by atoms with Gasteiger partial charge in [-0.15, -0.1) is 0 Å². The molecule has 1 heterocycles. The summed E-state index contributed by atoms with van der Waals surface area (Å²) in [5.41, 5.74) is 4.15. The molecule has 0 amide bonds. The third-order valence-electron chi connectivity index (χ3n) is 4.88. The Morgan fingerprint density at radius 1 is 1.20 bits per heavy atom. The molecule has 1 aliphatic heterocycles. The van der Waals surface area contributed by atoms with Crippen LogP contribution in [0.25, 0.3) is 0 Å². The lowest BCUT2D eigenvalue weighted by Gasteiger charge is -2.27. The van der Waals surface area contributed by atoms with Gasteiger partial charge in [-0.3, -0.25) is 4.79 Å². The molecule has 2 aliphatic rings. The monoisotopic (exact) mass is 270 g/mol. The lowest BCUT2D eigenvalue weighted by molar-refractivity contribution is -0.146. The summed E-state index contributed by atoms with van der Waals surface area (Å²) in [6.07, 6.45) is 2.30. The Balaban J connectivity index is 2.02. The molecule has 3 rings (SSSR count). The van der Waals surface area contributed by atoms with Gasteiger partial charge in [-0.2, -0.15) is 0 Å². The maximum Gasteiger partial charge on any atom is 0.306 e. The molecular formula is C18H22O2. The first-order chi connectivity index (χ1) is 9.49. The fourth-order valence-corrected chi connectivity index (χ4v) is 3.87. The van der Waals surface area contributed by atoms with Crippen LogP contribution < -0.4 is 0 Å². The van der Waals surface area contributed by atoms with Crippen molar-refractivity contribution in [1.82, 2.24) is 0 Å². The Labute approximate surface area is 120 Å². The highest BCUT2D eigenvalue weighted by atomic mass is 16.5. The normalized spacial score (nSPS) is 28.9. The fraction of sp³-hybridized carbons (Fsp3) is 0.500. The first-order valence-corrected chi connectivity index (χ1v) is 7.44. The van der Waals surface area contributed by atoms with E-state index < -0.39 is 0 Å². The van der Waals surface area contributed by atoms with E-state index in [-0.39, 0.29) is 17.5 Å². The van der Waals surface area contributed by atoms with Crippen molar-refractivity contribution in [2.24, 2.45) is 5.41 Å². The van der Waals surface area contributed by atoms with Gasteiger partial charge >= 0.3 is 5.97 Å². The number of hydrogen-bond donors (Lipinski definition) is 0. The van der Waals surface area contributed by atoms with E-state index >= 15 is 0 Å². The van der Waals surface area contributed by atoms with Crippen LogP contribution in [0.2, 0.25) is 0 Å². The van der Waals surface area contributed by atoms with E-state index in [1.807, 2.05) is 6.07 Å². The van der Waals surface area contributed by atoms with E-state index in [0.717, 1.165) is 12.8 Å². The van der Waals surface area contributed by atoms with Crippen LogP contribution in [0.3, 0.4) is 0 Å². The zero-order valence-electron chi connectivity index (χ0n) is 12.5. The first kappa shape index (κ1) is 13.4. The summed E-state index contributed by atoms with van der Waals surface area (Å²) in [5.74, 6) is 0.348. The van der Waals surface area contributed by atoms with E-state index in [4.69, 9.17) is 4.74 Å². The molecule has 0 bridgehead atoms. The van der Waals surface area contributed by atoms with Crippen LogP contribution in [0.4, 0.5) is 0 Å². The van der Waals surface area contributed by atoms with E-state index in [9.17, 15) is 4.79 Å². The second-order valence-corrected chi connectivity index (χ2v) is 6.66. The molecule has 1 unspecified atom stereocenters. The number of ether oxygens (including phenoxy) is 1. The van der Waals surface area contributed by atoms with Gasteiger partial charge in [-0.25, -0.2) is 0 Å². The molecule has 1 aromatic rings. The number of carbonyl (C=O) groups is 1. The number of benzene rings is 1. The van der Waals surface area contributed by atoms with E-state index in [1.165, 1.54) is 16.7 Å². The van der Waals surface area contributed by atoms with Crippen molar-refractivity contribution in [2.75, 3.05) is 0 Å². The average molecular weight is 270 g/mol. The van der Waals surface area contributed by atoms with Crippen LogP contribution in [-0.4, -0.2) is 12.1 Å². The number of carbonyl (C=O) groups excluding carboxylic acids is 1. The summed E-state index contributed by atoms with van der Waals surface area (Å²) in [7, 11) is 0. The average Bonchev–Trinajstić information content (AvgIpc) is 2.69. The van der Waals surface area contributed by atoms with Gasteiger partial charge < -0.3 is 4.74 Å². The topological polar surface area (TPSA) is 26.3 Å². The number of esters is 1. The molecule has 0 aromatic heterocycles. The molecule has 2 heteroatoms. The Morgan fingerprint density at radius 3 is 2.60 bits per heavy atom. The molecule has 1 aliphatic carbocycles. The van der Waals surface area contributed by atoms with E-state index in [1.54, 1.807) is 0 Å². The van der Waals surface area contributed by atoms with Gasteiger partial charge in [0.05, 0.1) is 0 Å². The zero-order chi connectivity index (χ0) is 14.3. The summed E-state index contributed by atoms with van der Waals surface area (Å²) in [6.45, 7) is 6.70. The largest absolute Gasteiger partial charge is 0.458 e. The molecule has 0 saturated carbocycles. The van der Waals surface area contributed by atoms with Gasteiger partial charge in [0.1, 0.15) is 6.10 Å². The summed E-state index contributed by atoms with van der Waals surface area (Å²) in [5, 5.41) is 0. The standard InChI is InChI=1S/C18H22O2/c1-12-14(13-7-5-4-6-8-13)11-15-17(12)18(2,3)10-9-16(19)20-15/h4-8,14-15H,9-11H2,1-3H3/t14-,15?/m0/s1. The van der Waals surface area contributed by atoms with Crippen LogP contribution in [0.1, 0.15) is 51.5 Å². The molecule has 2 atom stereocenters. The summed E-state index contributed by atoms with van der Waals surface area (Å²) in [6, 6.07) is 10.6. The SMILES string of the molecule is CC1=C2C(C[C@@H]1c1ccccc1)OC(=O)CCC2(C)C. The maximum absolute atomic E-state index is 11.8. The van der Waals surface area contributed by atoms with Gasteiger partial charge in [-0.1, -0.05) is 49.8 Å². The van der Waals surface area contributed by atoms with E-state index in [0.29, 0.717) is 12.3 Å². The summed E-state index contributed by atoms with van der Waals surface area (Å²) in [4.78, 5) is 11.8. The van der Waals surface area contributed by atoms with Crippen LogP contribution in [-0.2, 0) is 9.53 Å². The van der Waals surface area contributed by atoms with Crippen LogP contribution >= 0.6 is 0 Å². The molecule has 2 nitrogen and oxygen atoms in total. The lowest BCUT2D eigenvalue weighted by atomic mass is 9.77. The Bertz CT molecular complexity index is 554. The highest BCUT2D eigenvalue weighted by Gasteiger charge is 2.43. The Kier molecular flexibility index (Phi) is 3.19. The van der Waals surface area contributed by atoms with Crippen LogP contribution in [0.5, 0.6) is 0 Å². The highest BCUT2D eigenvalue weighted by Crippen LogP contribution is 2.50. The molecule has 0 spiro atoms. The van der Waals surface area contributed by atoms with Crippen molar-refractivity contribution in [2.45, 2.75) is 52.1 Å². The zero-order valence-corrected chi connectivity index (χ0v) is 12.5. The lowest BCUT2D eigenvalue weighted by Crippen LogP contribution is -2.22. The van der Waals surface area contributed by atoms with Crippen molar-refractivity contribution < 1.29 is 9.53 Å². The van der Waals surface area contributed by atoms with Crippen LogP contribution in [0, 0.1) is 5.41 Å². The Hall–Kier alpha value is -1.57. The van der Waals surface area contributed by atoms with Crippen molar-refractivity contribution in [3.63, 3.8) is 0 Å². The predicted octanol–water partition coefficient (Wildman–Crippen LogP) is 4.22. The quantitative estimate of drug-likeness (QED) is 0.564. The number of fused-ring (bicyclic) bond motifs is 1. The first-order valence-electron chi connectivity index (χ1n) is 7.44. The second-order valence-electron chi connectivity index (χ2n) is 6.66. The second kappa shape index (κ2) is 4.76.